The molecule has 0 saturated heterocycles. The van der Waals surface area contributed by atoms with Gasteiger partial charge in [-0.3, -0.25) is 4.79 Å². The standard InChI is InChI=1S/C14H17N3O2/c1-10(14-15-7-8-17(14)2)16-13(19)9-11-3-5-12(18)6-4-11/h3-8,10,18H,9H2,1-2H3,(H,16,19). The maximum absolute atomic E-state index is 11.9. The van der Waals surface area contributed by atoms with Gasteiger partial charge in [-0.1, -0.05) is 12.1 Å². The molecule has 2 rings (SSSR count). The number of nitrogens with one attached hydrogen (secondary N) is 1. The van der Waals surface area contributed by atoms with Crippen molar-refractivity contribution in [2.24, 2.45) is 7.05 Å². The Labute approximate surface area is 111 Å². The summed E-state index contributed by atoms with van der Waals surface area (Å²) < 4.78 is 1.88. The van der Waals surface area contributed by atoms with Gasteiger partial charge < -0.3 is 15.0 Å². The Morgan fingerprint density at radius 1 is 1.42 bits per heavy atom. The molecule has 1 aromatic carbocycles. The molecule has 0 aliphatic rings. The predicted molar refractivity (Wildman–Crippen MR) is 71.6 cm³/mol. The normalized spacial score (nSPS) is 12.1. The summed E-state index contributed by atoms with van der Waals surface area (Å²) in [5.41, 5.74) is 0.863. The molecule has 0 saturated carbocycles. The summed E-state index contributed by atoms with van der Waals surface area (Å²) in [6.07, 6.45) is 3.84. The monoisotopic (exact) mass is 259 g/mol. The Hall–Kier alpha value is -2.30. The second-order valence-corrected chi connectivity index (χ2v) is 4.53. The average Bonchev–Trinajstić information content (AvgIpc) is 2.78. The first-order valence-electron chi connectivity index (χ1n) is 6.11. The van der Waals surface area contributed by atoms with Gasteiger partial charge in [0.1, 0.15) is 11.6 Å². The zero-order valence-corrected chi connectivity index (χ0v) is 11.0. The molecule has 0 fully saturated rings. The van der Waals surface area contributed by atoms with Crippen LogP contribution in [0.5, 0.6) is 5.75 Å². The van der Waals surface area contributed by atoms with Gasteiger partial charge in [-0.15, -0.1) is 0 Å². The fourth-order valence-corrected chi connectivity index (χ4v) is 1.95. The minimum atomic E-state index is -0.135. The van der Waals surface area contributed by atoms with E-state index in [1.165, 1.54) is 0 Å². The van der Waals surface area contributed by atoms with Gasteiger partial charge in [0.2, 0.25) is 5.91 Å². The minimum absolute atomic E-state index is 0.0683. The van der Waals surface area contributed by atoms with Crippen molar-refractivity contribution in [1.29, 1.82) is 0 Å². The third-order valence-electron chi connectivity index (χ3n) is 2.92. The number of carbonyl (C=O) groups excluding carboxylic acids is 1. The molecule has 1 atom stereocenters. The molecule has 100 valence electrons. The van der Waals surface area contributed by atoms with Gasteiger partial charge in [-0.2, -0.15) is 0 Å². The topological polar surface area (TPSA) is 67.2 Å². The van der Waals surface area contributed by atoms with Crippen molar-refractivity contribution in [2.75, 3.05) is 0 Å². The van der Waals surface area contributed by atoms with Gasteiger partial charge in [0.15, 0.2) is 0 Å². The largest absolute Gasteiger partial charge is 0.508 e. The summed E-state index contributed by atoms with van der Waals surface area (Å²) in [6, 6.07) is 6.49. The third kappa shape index (κ3) is 3.34. The molecule has 0 aliphatic heterocycles. The summed E-state index contributed by atoms with van der Waals surface area (Å²) in [5, 5.41) is 12.1. The summed E-state index contributed by atoms with van der Waals surface area (Å²) in [4.78, 5) is 16.1. The molecule has 5 nitrogen and oxygen atoms in total. The Morgan fingerprint density at radius 3 is 2.68 bits per heavy atom. The summed E-state index contributed by atoms with van der Waals surface area (Å²) in [5.74, 6) is 0.950. The van der Waals surface area contributed by atoms with Gasteiger partial charge in [-0.25, -0.2) is 4.98 Å². The van der Waals surface area contributed by atoms with Gasteiger partial charge in [-0.05, 0) is 24.6 Å². The Morgan fingerprint density at radius 2 is 2.11 bits per heavy atom. The highest BCUT2D eigenvalue weighted by molar-refractivity contribution is 5.78. The molecule has 0 bridgehead atoms. The van der Waals surface area contributed by atoms with Gasteiger partial charge >= 0.3 is 0 Å². The van der Waals surface area contributed by atoms with Crippen molar-refractivity contribution in [3.8, 4) is 5.75 Å². The second-order valence-electron chi connectivity index (χ2n) is 4.53. The highest BCUT2D eigenvalue weighted by Crippen LogP contribution is 2.12. The zero-order chi connectivity index (χ0) is 13.8. The van der Waals surface area contributed by atoms with Crippen LogP contribution >= 0.6 is 0 Å². The molecule has 2 N–H and O–H groups in total. The Balaban J connectivity index is 1.94. The zero-order valence-electron chi connectivity index (χ0n) is 11.0. The fraction of sp³-hybridized carbons (Fsp3) is 0.286. The Kier molecular flexibility index (Phi) is 3.85. The van der Waals surface area contributed by atoms with E-state index in [-0.39, 0.29) is 24.1 Å². The van der Waals surface area contributed by atoms with Crippen LogP contribution in [0.15, 0.2) is 36.7 Å². The lowest BCUT2D eigenvalue weighted by molar-refractivity contribution is -0.121. The molecule has 1 heterocycles. The van der Waals surface area contributed by atoms with Crippen molar-refractivity contribution in [3.63, 3.8) is 0 Å². The van der Waals surface area contributed by atoms with Gasteiger partial charge in [0.25, 0.3) is 0 Å². The Bertz CT molecular complexity index is 560. The lowest BCUT2D eigenvalue weighted by Crippen LogP contribution is -2.29. The van der Waals surface area contributed by atoms with E-state index in [1.807, 2.05) is 24.7 Å². The molecule has 5 heteroatoms. The SMILES string of the molecule is CC(NC(=O)Cc1ccc(O)cc1)c1nccn1C. The van der Waals surface area contributed by atoms with Crippen LogP contribution in [-0.4, -0.2) is 20.6 Å². The number of imidazole rings is 1. The molecule has 2 aromatic rings. The number of carbonyl (C=O) groups is 1. The quantitative estimate of drug-likeness (QED) is 0.875. The number of hydrogen-bond donors (Lipinski definition) is 2. The smallest absolute Gasteiger partial charge is 0.224 e. The van der Waals surface area contributed by atoms with E-state index >= 15 is 0 Å². The molecule has 1 aromatic heterocycles. The number of benzene rings is 1. The van der Waals surface area contributed by atoms with Crippen LogP contribution in [0, 0.1) is 0 Å². The van der Waals surface area contributed by atoms with Crippen LogP contribution < -0.4 is 5.32 Å². The number of phenolic OH excluding ortho intramolecular Hbond substituents is 1. The highest BCUT2D eigenvalue weighted by atomic mass is 16.3. The van der Waals surface area contributed by atoms with Gasteiger partial charge in [0, 0.05) is 19.4 Å². The van der Waals surface area contributed by atoms with Crippen LogP contribution in [0.25, 0.3) is 0 Å². The first-order valence-corrected chi connectivity index (χ1v) is 6.11. The first kappa shape index (κ1) is 13.1. The van der Waals surface area contributed by atoms with Crippen molar-refractivity contribution < 1.29 is 9.90 Å². The fourth-order valence-electron chi connectivity index (χ4n) is 1.95. The van der Waals surface area contributed by atoms with E-state index in [9.17, 15) is 9.90 Å². The first-order chi connectivity index (χ1) is 9.06. The van der Waals surface area contributed by atoms with Crippen LogP contribution in [-0.2, 0) is 18.3 Å². The highest BCUT2D eigenvalue weighted by Gasteiger charge is 2.13. The summed E-state index contributed by atoms with van der Waals surface area (Å²) in [6.45, 7) is 1.90. The number of aryl methyl sites for hydroxylation is 1. The number of aromatic hydroxyl groups is 1. The number of phenols is 1. The van der Waals surface area contributed by atoms with Crippen LogP contribution in [0.3, 0.4) is 0 Å². The number of amides is 1. The maximum Gasteiger partial charge on any atom is 0.224 e. The lowest BCUT2D eigenvalue weighted by Gasteiger charge is -2.13. The molecule has 19 heavy (non-hydrogen) atoms. The number of aromatic nitrogens is 2. The minimum Gasteiger partial charge on any atom is -0.508 e. The number of nitrogens with zero attached hydrogens (tertiary/aromatic N) is 2. The van der Waals surface area contributed by atoms with Crippen molar-refractivity contribution in [1.82, 2.24) is 14.9 Å². The molecule has 1 unspecified atom stereocenters. The van der Waals surface area contributed by atoms with E-state index in [0.29, 0.717) is 0 Å². The molecular formula is C14H17N3O2. The third-order valence-corrected chi connectivity index (χ3v) is 2.92. The van der Waals surface area contributed by atoms with E-state index in [1.54, 1.807) is 30.5 Å². The van der Waals surface area contributed by atoms with E-state index in [0.717, 1.165) is 11.4 Å². The van der Waals surface area contributed by atoms with E-state index < -0.39 is 0 Å². The maximum atomic E-state index is 11.9. The molecule has 0 aliphatic carbocycles. The van der Waals surface area contributed by atoms with Gasteiger partial charge in [0.05, 0.1) is 12.5 Å². The van der Waals surface area contributed by atoms with Crippen molar-refractivity contribution in [3.05, 3.63) is 48.0 Å². The molecule has 1 amide bonds. The van der Waals surface area contributed by atoms with E-state index in [4.69, 9.17) is 0 Å². The average molecular weight is 259 g/mol. The predicted octanol–water partition coefficient (Wildman–Crippen LogP) is 1.55. The van der Waals surface area contributed by atoms with Crippen LogP contribution in [0.1, 0.15) is 24.4 Å². The van der Waals surface area contributed by atoms with Crippen LogP contribution in [0.4, 0.5) is 0 Å². The summed E-state index contributed by atoms with van der Waals surface area (Å²) in [7, 11) is 1.89. The molecule has 0 radical (unpaired) electrons. The number of rotatable bonds is 4. The lowest BCUT2D eigenvalue weighted by atomic mass is 10.1. The van der Waals surface area contributed by atoms with Crippen molar-refractivity contribution in [2.45, 2.75) is 19.4 Å². The summed E-state index contributed by atoms with van der Waals surface area (Å²) >= 11 is 0. The second kappa shape index (κ2) is 5.56. The number of hydrogen-bond acceptors (Lipinski definition) is 3. The van der Waals surface area contributed by atoms with Crippen LogP contribution in [0.2, 0.25) is 0 Å². The molecular weight excluding hydrogens is 242 g/mol. The molecule has 0 spiro atoms. The van der Waals surface area contributed by atoms with Crippen molar-refractivity contribution >= 4 is 5.91 Å². The van der Waals surface area contributed by atoms with E-state index in [2.05, 4.69) is 10.3 Å².